The van der Waals surface area contributed by atoms with Gasteiger partial charge in [-0.3, -0.25) is 10.2 Å². The zero-order valence-corrected chi connectivity index (χ0v) is 15.5. The number of thiocarbonyl (C=S) groups is 1. The first-order valence-electron chi connectivity index (χ1n) is 7.74. The zero-order chi connectivity index (χ0) is 17.4. The average Bonchev–Trinajstić information content (AvgIpc) is 3.07. The summed E-state index contributed by atoms with van der Waals surface area (Å²) in [4.78, 5) is 10.8. The number of carbonyl (C=O) groups is 1. The Balaban J connectivity index is 1.94. The molecule has 8 heteroatoms. The molecule has 1 fully saturated rings. The smallest absolute Gasteiger partial charge is 0.303 e. The molecule has 2 rings (SSSR count). The summed E-state index contributed by atoms with van der Waals surface area (Å²) >= 11 is 8.58. The topological polar surface area (TPSA) is 83.0 Å². The Morgan fingerprint density at radius 1 is 1.38 bits per heavy atom. The first-order chi connectivity index (χ1) is 11.5. The van der Waals surface area contributed by atoms with Gasteiger partial charge in [-0.05, 0) is 42.8 Å². The summed E-state index contributed by atoms with van der Waals surface area (Å²) in [5, 5.41) is 16.7. The second kappa shape index (κ2) is 9.71. The molecule has 1 saturated heterocycles. The summed E-state index contributed by atoms with van der Waals surface area (Å²) in [6.07, 6.45) is 2.62. The van der Waals surface area contributed by atoms with E-state index in [9.17, 15) is 4.79 Å². The molecule has 1 aromatic carbocycles. The van der Waals surface area contributed by atoms with Crippen molar-refractivity contribution in [3.63, 3.8) is 0 Å². The van der Waals surface area contributed by atoms with Crippen LogP contribution in [0.25, 0.3) is 0 Å². The number of carboxylic acids is 1. The molecule has 0 bridgehead atoms. The van der Waals surface area contributed by atoms with Gasteiger partial charge in [0.25, 0.3) is 0 Å². The minimum absolute atomic E-state index is 0.00663. The molecule has 0 spiro atoms. The Morgan fingerprint density at radius 2 is 2.12 bits per heavy atom. The van der Waals surface area contributed by atoms with E-state index in [1.165, 1.54) is 0 Å². The first-order valence-corrected chi connectivity index (χ1v) is 8.94. The number of ether oxygens (including phenoxy) is 1. The average molecular weight is 414 g/mol. The number of aliphatic carboxylic acids is 1. The number of hydrazone groups is 1. The van der Waals surface area contributed by atoms with Crippen LogP contribution < -0.4 is 10.7 Å². The van der Waals surface area contributed by atoms with Crippen molar-refractivity contribution in [2.24, 2.45) is 5.10 Å². The number of carboxylic acid groups (broad SMARTS) is 1. The molecule has 6 nitrogen and oxygen atoms in total. The van der Waals surface area contributed by atoms with Crippen molar-refractivity contribution in [1.29, 1.82) is 0 Å². The van der Waals surface area contributed by atoms with Gasteiger partial charge in [-0.15, -0.1) is 0 Å². The molecule has 0 aliphatic carbocycles. The molecule has 1 aliphatic heterocycles. The van der Waals surface area contributed by atoms with Crippen LogP contribution >= 0.6 is 28.1 Å². The van der Waals surface area contributed by atoms with Crippen LogP contribution in [0.4, 0.5) is 0 Å². The molecule has 130 valence electrons. The van der Waals surface area contributed by atoms with Gasteiger partial charge < -0.3 is 15.2 Å². The van der Waals surface area contributed by atoms with Crippen LogP contribution in [-0.4, -0.2) is 41.2 Å². The van der Waals surface area contributed by atoms with Gasteiger partial charge in [0.05, 0.1) is 18.2 Å². The fourth-order valence-electron chi connectivity index (χ4n) is 2.30. The van der Waals surface area contributed by atoms with E-state index in [4.69, 9.17) is 22.1 Å². The van der Waals surface area contributed by atoms with Gasteiger partial charge in [-0.1, -0.05) is 28.1 Å². The predicted octanol–water partition coefficient (Wildman–Crippen LogP) is 2.66. The van der Waals surface area contributed by atoms with Crippen molar-refractivity contribution in [3.8, 4) is 0 Å². The van der Waals surface area contributed by atoms with Crippen molar-refractivity contribution in [3.05, 3.63) is 34.3 Å². The lowest BCUT2D eigenvalue weighted by Gasteiger charge is -2.13. The van der Waals surface area contributed by atoms with Gasteiger partial charge in [-0.25, -0.2) is 0 Å². The van der Waals surface area contributed by atoms with Crippen LogP contribution in [-0.2, 0) is 9.53 Å². The third-order valence-corrected chi connectivity index (χ3v) is 4.32. The van der Waals surface area contributed by atoms with Crippen LogP contribution in [0.5, 0.6) is 0 Å². The predicted molar refractivity (Wildman–Crippen MR) is 100 cm³/mol. The van der Waals surface area contributed by atoms with E-state index in [-0.39, 0.29) is 12.5 Å². The Labute approximate surface area is 154 Å². The Bertz CT molecular complexity index is 601. The lowest BCUT2D eigenvalue weighted by Crippen LogP contribution is -2.37. The summed E-state index contributed by atoms with van der Waals surface area (Å²) in [5.41, 5.74) is 4.29. The third-order valence-electron chi connectivity index (χ3n) is 3.56. The maximum absolute atomic E-state index is 10.8. The van der Waals surface area contributed by atoms with E-state index in [0.717, 1.165) is 29.5 Å². The van der Waals surface area contributed by atoms with Gasteiger partial charge in [0, 0.05) is 24.0 Å². The van der Waals surface area contributed by atoms with E-state index in [0.29, 0.717) is 23.8 Å². The molecule has 0 radical (unpaired) electrons. The second-order valence-electron chi connectivity index (χ2n) is 5.42. The van der Waals surface area contributed by atoms with E-state index < -0.39 is 5.97 Å². The molecule has 3 N–H and O–H groups in total. The lowest BCUT2D eigenvalue weighted by molar-refractivity contribution is -0.136. The molecule has 1 aliphatic rings. The molecular weight excluding hydrogens is 394 g/mol. The molecule has 1 aromatic rings. The van der Waals surface area contributed by atoms with Crippen LogP contribution in [0.1, 0.15) is 31.2 Å². The Morgan fingerprint density at radius 3 is 2.75 bits per heavy atom. The monoisotopic (exact) mass is 413 g/mol. The summed E-state index contributed by atoms with van der Waals surface area (Å²) in [5.74, 6) is -0.862. The molecule has 1 heterocycles. The van der Waals surface area contributed by atoms with Crippen LogP contribution in [0.3, 0.4) is 0 Å². The van der Waals surface area contributed by atoms with E-state index in [1.807, 2.05) is 24.3 Å². The number of nitrogens with zero attached hydrogens (tertiary/aromatic N) is 1. The van der Waals surface area contributed by atoms with Crippen molar-refractivity contribution < 1.29 is 14.6 Å². The largest absolute Gasteiger partial charge is 0.481 e. The second-order valence-corrected chi connectivity index (χ2v) is 6.74. The molecule has 0 unspecified atom stereocenters. The fraction of sp³-hybridized carbons (Fsp3) is 0.438. The maximum atomic E-state index is 10.8. The fourth-order valence-corrected chi connectivity index (χ4v) is 2.70. The molecule has 1 atom stereocenters. The van der Waals surface area contributed by atoms with Crippen LogP contribution in [0.15, 0.2) is 33.8 Å². The summed E-state index contributed by atoms with van der Waals surface area (Å²) in [7, 11) is 0. The van der Waals surface area contributed by atoms with Crippen molar-refractivity contribution in [2.75, 3.05) is 13.2 Å². The van der Waals surface area contributed by atoms with Crippen molar-refractivity contribution >= 4 is 44.9 Å². The number of hydrogen-bond donors (Lipinski definition) is 3. The summed E-state index contributed by atoms with van der Waals surface area (Å²) in [6, 6.07) is 7.55. The van der Waals surface area contributed by atoms with Gasteiger partial charge in [-0.2, -0.15) is 5.10 Å². The van der Waals surface area contributed by atoms with Crippen molar-refractivity contribution in [1.82, 2.24) is 10.7 Å². The normalized spacial score (nSPS) is 17.5. The van der Waals surface area contributed by atoms with Gasteiger partial charge in [0.2, 0.25) is 0 Å². The quantitative estimate of drug-likeness (QED) is 0.362. The molecule has 0 aromatic heterocycles. The highest BCUT2D eigenvalue weighted by molar-refractivity contribution is 9.10. The first kappa shape index (κ1) is 18.8. The summed E-state index contributed by atoms with van der Waals surface area (Å²) in [6.45, 7) is 1.44. The number of rotatable bonds is 7. The lowest BCUT2D eigenvalue weighted by atomic mass is 10.1. The third kappa shape index (κ3) is 6.54. The number of nitrogens with one attached hydrogen (secondary N) is 2. The molecule has 0 saturated carbocycles. The minimum atomic E-state index is -0.862. The van der Waals surface area contributed by atoms with Gasteiger partial charge in [0.1, 0.15) is 0 Å². The van der Waals surface area contributed by atoms with Crippen LogP contribution in [0, 0.1) is 0 Å². The number of hydrogen-bond acceptors (Lipinski definition) is 4. The highest BCUT2D eigenvalue weighted by atomic mass is 79.9. The SMILES string of the molecule is O=C(O)CC/C(=N/NC(=S)NC[C@H]1CCCO1)c1ccc(Br)cc1. The van der Waals surface area contributed by atoms with Gasteiger partial charge >= 0.3 is 5.97 Å². The van der Waals surface area contributed by atoms with Crippen LogP contribution in [0.2, 0.25) is 0 Å². The summed E-state index contributed by atoms with van der Waals surface area (Å²) < 4.78 is 6.47. The van der Waals surface area contributed by atoms with E-state index in [1.54, 1.807) is 0 Å². The minimum Gasteiger partial charge on any atom is -0.481 e. The number of halogens is 1. The Kier molecular flexibility index (Phi) is 7.61. The van der Waals surface area contributed by atoms with E-state index in [2.05, 4.69) is 31.8 Å². The maximum Gasteiger partial charge on any atom is 0.303 e. The number of benzene rings is 1. The highest BCUT2D eigenvalue weighted by Crippen LogP contribution is 2.13. The zero-order valence-electron chi connectivity index (χ0n) is 13.1. The van der Waals surface area contributed by atoms with E-state index >= 15 is 0 Å². The van der Waals surface area contributed by atoms with Gasteiger partial charge in [0.15, 0.2) is 5.11 Å². The standard InChI is InChI=1S/C16H20BrN3O3S/c17-12-5-3-11(4-6-12)14(7-8-15(21)22)19-20-16(24)18-10-13-2-1-9-23-13/h3-6,13H,1-2,7-10H2,(H,21,22)(H2,18,20,24)/b19-14-/t13-/m1/s1. The highest BCUT2D eigenvalue weighted by Gasteiger charge is 2.15. The molecular formula is C16H20BrN3O3S. The Hall–Kier alpha value is -1.51. The molecule has 24 heavy (non-hydrogen) atoms. The van der Waals surface area contributed by atoms with Crippen molar-refractivity contribution in [2.45, 2.75) is 31.8 Å². The molecule has 0 amide bonds.